The molecule has 0 radical (unpaired) electrons. The van der Waals surface area contributed by atoms with E-state index in [0.717, 1.165) is 44.3 Å². The highest BCUT2D eigenvalue weighted by Crippen LogP contribution is 2.24. The molecule has 1 saturated heterocycles. The number of hydrogen-bond acceptors (Lipinski definition) is 3. The van der Waals surface area contributed by atoms with Gasteiger partial charge in [0.15, 0.2) is 0 Å². The molecule has 26 heavy (non-hydrogen) atoms. The standard InChI is InChI=1S/C22H35NO3/c1-22(2,3)19-8-10-20(11-9-19)26-15-5-7-21(24)23-14-4-6-18-12-16-25-17-13-18/h8-11,18H,4-7,12-17H2,1-3H3,(H,23,24). The molecule has 1 heterocycles. The van der Waals surface area contributed by atoms with Crippen LogP contribution in [0.5, 0.6) is 5.75 Å². The highest BCUT2D eigenvalue weighted by Gasteiger charge is 2.14. The van der Waals surface area contributed by atoms with Crippen LogP contribution in [-0.4, -0.2) is 32.3 Å². The first-order chi connectivity index (χ1) is 12.4. The molecule has 0 aromatic heterocycles. The van der Waals surface area contributed by atoms with Gasteiger partial charge < -0.3 is 14.8 Å². The lowest BCUT2D eigenvalue weighted by Gasteiger charge is -2.21. The number of amides is 1. The maximum absolute atomic E-state index is 11.9. The second-order valence-electron chi connectivity index (χ2n) is 8.27. The summed E-state index contributed by atoms with van der Waals surface area (Å²) in [6.45, 7) is 9.75. The minimum Gasteiger partial charge on any atom is -0.494 e. The topological polar surface area (TPSA) is 47.6 Å². The third kappa shape index (κ3) is 7.77. The lowest BCUT2D eigenvalue weighted by molar-refractivity contribution is -0.121. The van der Waals surface area contributed by atoms with Crippen LogP contribution in [0.15, 0.2) is 24.3 Å². The van der Waals surface area contributed by atoms with Gasteiger partial charge in [0, 0.05) is 26.2 Å². The van der Waals surface area contributed by atoms with Gasteiger partial charge in [-0.25, -0.2) is 0 Å². The van der Waals surface area contributed by atoms with Crippen LogP contribution in [0.1, 0.15) is 64.9 Å². The largest absolute Gasteiger partial charge is 0.494 e. The summed E-state index contributed by atoms with van der Waals surface area (Å²) >= 11 is 0. The van der Waals surface area contributed by atoms with E-state index in [4.69, 9.17) is 9.47 Å². The Labute approximate surface area is 158 Å². The maximum Gasteiger partial charge on any atom is 0.220 e. The molecular formula is C22H35NO3. The average molecular weight is 362 g/mol. The maximum atomic E-state index is 11.9. The van der Waals surface area contributed by atoms with Crippen molar-refractivity contribution in [3.05, 3.63) is 29.8 Å². The zero-order chi connectivity index (χ0) is 18.8. The molecule has 0 atom stereocenters. The molecular weight excluding hydrogens is 326 g/mol. The van der Waals surface area contributed by atoms with Crippen LogP contribution in [0.25, 0.3) is 0 Å². The second kappa shape index (κ2) is 10.6. The Morgan fingerprint density at radius 3 is 2.50 bits per heavy atom. The van der Waals surface area contributed by atoms with Crippen LogP contribution in [0.2, 0.25) is 0 Å². The van der Waals surface area contributed by atoms with E-state index in [1.54, 1.807) is 0 Å². The number of ether oxygens (including phenoxy) is 2. The summed E-state index contributed by atoms with van der Waals surface area (Å²) < 4.78 is 11.1. The van der Waals surface area contributed by atoms with E-state index in [9.17, 15) is 4.79 Å². The van der Waals surface area contributed by atoms with Gasteiger partial charge in [-0.1, -0.05) is 32.9 Å². The second-order valence-corrected chi connectivity index (χ2v) is 8.27. The summed E-state index contributed by atoms with van der Waals surface area (Å²) in [7, 11) is 0. The average Bonchev–Trinajstić information content (AvgIpc) is 2.63. The van der Waals surface area contributed by atoms with Crippen LogP contribution >= 0.6 is 0 Å². The van der Waals surface area contributed by atoms with Crippen molar-refractivity contribution in [2.45, 2.75) is 64.7 Å². The van der Waals surface area contributed by atoms with Gasteiger partial charge >= 0.3 is 0 Å². The van der Waals surface area contributed by atoms with Crippen molar-refractivity contribution in [1.29, 1.82) is 0 Å². The third-order valence-electron chi connectivity index (χ3n) is 4.99. The van der Waals surface area contributed by atoms with Crippen LogP contribution in [0.3, 0.4) is 0 Å². The van der Waals surface area contributed by atoms with Crippen LogP contribution in [0, 0.1) is 5.92 Å². The lowest BCUT2D eigenvalue weighted by atomic mass is 9.87. The molecule has 0 saturated carbocycles. The Hall–Kier alpha value is -1.55. The Bertz CT molecular complexity index is 527. The van der Waals surface area contributed by atoms with Gasteiger partial charge in [0.1, 0.15) is 5.75 Å². The lowest BCUT2D eigenvalue weighted by Crippen LogP contribution is -2.25. The molecule has 146 valence electrons. The molecule has 1 aliphatic heterocycles. The fourth-order valence-corrected chi connectivity index (χ4v) is 3.22. The number of nitrogens with one attached hydrogen (secondary N) is 1. The zero-order valence-corrected chi connectivity index (χ0v) is 16.7. The number of benzene rings is 1. The molecule has 1 fully saturated rings. The van der Waals surface area contributed by atoms with Gasteiger partial charge in [-0.2, -0.15) is 0 Å². The predicted molar refractivity (Wildman–Crippen MR) is 106 cm³/mol. The molecule has 4 heteroatoms. The van der Waals surface area contributed by atoms with Crippen molar-refractivity contribution >= 4 is 5.91 Å². The van der Waals surface area contributed by atoms with E-state index in [0.29, 0.717) is 13.0 Å². The number of hydrogen-bond donors (Lipinski definition) is 1. The minimum absolute atomic E-state index is 0.128. The molecule has 1 amide bonds. The summed E-state index contributed by atoms with van der Waals surface area (Å²) in [5, 5.41) is 3.02. The van der Waals surface area contributed by atoms with Gasteiger partial charge in [-0.15, -0.1) is 0 Å². The normalized spacial score (nSPS) is 15.7. The Morgan fingerprint density at radius 2 is 1.85 bits per heavy atom. The van der Waals surface area contributed by atoms with E-state index < -0.39 is 0 Å². The zero-order valence-electron chi connectivity index (χ0n) is 16.7. The van der Waals surface area contributed by atoms with Crippen molar-refractivity contribution in [2.75, 3.05) is 26.4 Å². The molecule has 1 N–H and O–H groups in total. The van der Waals surface area contributed by atoms with E-state index in [1.807, 2.05) is 12.1 Å². The summed E-state index contributed by atoms with van der Waals surface area (Å²) in [6, 6.07) is 8.24. The molecule has 0 aliphatic carbocycles. The third-order valence-corrected chi connectivity index (χ3v) is 4.99. The van der Waals surface area contributed by atoms with Gasteiger partial charge in [0.25, 0.3) is 0 Å². The monoisotopic (exact) mass is 361 g/mol. The first-order valence-electron chi connectivity index (χ1n) is 10.0. The van der Waals surface area contributed by atoms with E-state index in [2.05, 4.69) is 38.2 Å². The van der Waals surface area contributed by atoms with Crippen molar-refractivity contribution in [2.24, 2.45) is 5.92 Å². The molecule has 1 aromatic carbocycles. The summed E-state index contributed by atoms with van der Waals surface area (Å²) in [5.74, 6) is 1.78. The minimum atomic E-state index is 0.128. The fraction of sp³-hybridized carbons (Fsp3) is 0.682. The predicted octanol–water partition coefficient (Wildman–Crippen LogP) is 4.47. The molecule has 1 aliphatic rings. The molecule has 2 rings (SSSR count). The van der Waals surface area contributed by atoms with Crippen LogP contribution in [-0.2, 0) is 14.9 Å². The first kappa shape index (κ1) is 20.8. The van der Waals surface area contributed by atoms with Gasteiger partial charge in [-0.05, 0) is 61.1 Å². The van der Waals surface area contributed by atoms with E-state index in [-0.39, 0.29) is 11.3 Å². The summed E-state index contributed by atoms with van der Waals surface area (Å²) in [4.78, 5) is 11.9. The molecule has 4 nitrogen and oxygen atoms in total. The Morgan fingerprint density at radius 1 is 1.15 bits per heavy atom. The number of carbonyl (C=O) groups excluding carboxylic acids is 1. The first-order valence-corrected chi connectivity index (χ1v) is 10.0. The van der Waals surface area contributed by atoms with Crippen LogP contribution < -0.4 is 10.1 Å². The van der Waals surface area contributed by atoms with Gasteiger partial charge in [0.05, 0.1) is 6.61 Å². The molecule has 1 aromatic rings. The quantitative estimate of drug-likeness (QED) is 0.660. The highest BCUT2D eigenvalue weighted by atomic mass is 16.5. The summed E-state index contributed by atoms with van der Waals surface area (Å²) in [5.41, 5.74) is 1.45. The fourth-order valence-electron chi connectivity index (χ4n) is 3.22. The van der Waals surface area contributed by atoms with Gasteiger partial charge in [0.2, 0.25) is 5.91 Å². The van der Waals surface area contributed by atoms with E-state index in [1.165, 1.54) is 24.8 Å². The van der Waals surface area contributed by atoms with Gasteiger partial charge in [-0.3, -0.25) is 4.79 Å². The summed E-state index contributed by atoms with van der Waals surface area (Å²) in [6.07, 6.45) is 5.86. The molecule has 0 unspecified atom stereocenters. The molecule has 0 bridgehead atoms. The van der Waals surface area contributed by atoms with Crippen molar-refractivity contribution in [1.82, 2.24) is 5.32 Å². The number of carbonyl (C=O) groups is 1. The SMILES string of the molecule is CC(C)(C)c1ccc(OCCCC(=O)NCCCC2CCOCC2)cc1. The highest BCUT2D eigenvalue weighted by molar-refractivity contribution is 5.75. The van der Waals surface area contributed by atoms with Crippen LogP contribution in [0.4, 0.5) is 0 Å². The van der Waals surface area contributed by atoms with Crippen molar-refractivity contribution < 1.29 is 14.3 Å². The molecule has 0 spiro atoms. The van der Waals surface area contributed by atoms with E-state index >= 15 is 0 Å². The smallest absolute Gasteiger partial charge is 0.220 e. The Balaban J connectivity index is 1.51. The Kier molecular flexibility index (Phi) is 8.43. The van der Waals surface area contributed by atoms with Crippen molar-refractivity contribution in [3.8, 4) is 5.75 Å². The number of rotatable bonds is 9. The van der Waals surface area contributed by atoms with Crippen molar-refractivity contribution in [3.63, 3.8) is 0 Å².